The van der Waals surface area contributed by atoms with Gasteiger partial charge in [0.2, 0.25) is 5.91 Å². The third-order valence-electron chi connectivity index (χ3n) is 4.64. The number of hydrogen-bond donors (Lipinski definition) is 3. The maximum Gasteiger partial charge on any atom is 0.255 e. The Morgan fingerprint density at radius 3 is 2.54 bits per heavy atom. The molecule has 3 rings (SSSR count). The van der Waals surface area contributed by atoms with E-state index in [4.69, 9.17) is 5.73 Å². The van der Waals surface area contributed by atoms with Crippen molar-refractivity contribution < 1.29 is 9.59 Å². The minimum Gasteiger partial charge on any atom is -0.369 e. The summed E-state index contributed by atoms with van der Waals surface area (Å²) in [5.74, 6) is -0.552. The number of primary amides is 1. The molecule has 0 radical (unpaired) electrons. The number of aryl methyl sites for hydroxylation is 1. The number of H-pyrrole nitrogens is 1. The van der Waals surface area contributed by atoms with Crippen molar-refractivity contribution in [1.29, 1.82) is 0 Å². The molecule has 146 valence electrons. The summed E-state index contributed by atoms with van der Waals surface area (Å²) in [6.45, 7) is 3.89. The van der Waals surface area contributed by atoms with E-state index in [-0.39, 0.29) is 36.3 Å². The number of carbonyl (C=O) groups is 2. The third-order valence-corrected chi connectivity index (χ3v) is 4.64. The van der Waals surface area contributed by atoms with Gasteiger partial charge in [-0.15, -0.1) is 12.4 Å². The lowest BCUT2D eigenvalue weighted by Gasteiger charge is -2.15. The predicted octanol–water partition coefficient (Wildman–Crippen LogP) is 2.63. The lowest BCUT2D eigenvalue weighted by atomic mass is 9.93. The maximum absolute atomic E-state index is 13.1. The van der Waals surface area contributed by atoms with Crippen molar-refractivity contribution in [2.45, 2.75) is 19.9 Å². The van der Waals surface area contributed by atoms with E-state index in [9.17, 15) is 14.4 Å². The van der Waals surface area contributed by atoms with Crippen LogP contribution in [0.4, 0.5) is 0 Å². The number of aromatic nitrogens is 1. The molecule has 1 heterocycles. The summed E-state index contributed by atoms with van der Waals surface area (Å²) in [6.07, 6.45) is 1.55. The number of amides is 1. The molecule has 0 fully saturated rings. The first-order chi connectivity index (χ1) is 12.9. The van der Waals surface area contributed by atoms with Crippen LogP contribution < -0.4 is 16.6 Å². The molecule has 0 unspecified atom stereocenters. The lowest BCUT2D eigenvalue weighted by molar-refractivity contribution is -0.117. The first kappa shape index (κ1) is 21.3. The molecule has 2 aromatic carbocycles. The van der Waals surface area contributed by atoms with Crippen LogP contribution in [0.2, 0.25) is 0 Å². The van der Waals surface area contributed by atoms with Gasteiger partial charge in [-0.05, 0) is 42.5 Å². The highest BCUT2D eigenvalue weighted by Crippen LogP contribution is 2.23. The summed E-state index contributed by atoms with van der Waals surface area (Å²) in [7, 11) is 0. The van der Waals surface area contributed by atoms with Gasteiger partial charge >= 0.3 is 0 Å². The summed E-state index contributed by atoms with van der Waals surface area (Å²) in [6, 6.07) is 12.4. The Balaban J connectivity index is 0.00000280. The Bertz CT molecular complexity index is 1090. The van der Waals surface area contributed by atoms with E-state index >= 15 is 0 Å². The zero-order chi connectivity index (χ0) is 19.6. The predicted molar refractivity (Wildman–Crippen MR) is 112 cm³/mol. The Kier molecular flexibility index (Phi) is 6.72. The number of rotatable bonds is 6. The SMILES string of the molecule is Cc1cc([C@H](C)NCC(N)=O)ccc1C(=O)c1cccc2c(=O)[nH]ccc12.Cl. The van der Waals surface area contributed by atoms with Crippen LogP contribution >= 0.6 is 12.4 Å². The van der Waals surface area contributed by atoms with Crippen molar-refractivity contribution in [2.24, 2.45) is 5.73 Å². The molecule has 1 aromatic heterocycles. The molecule has 0 saturated carbocycles. The van der Waals surface area contributed by atoms with Crippen LogP contribution in [0.1, 0.15) is 40.0 Å². The minimum absolute atomic E-state index is 0. The molecule has 0 saturated heterocycles. The molecule has 0 aliphatic heterocycles. The van der Waals surface area contributed by atoms with Crippen molar-refractivity contribution >= 4 is 34.9 Å². The second kappa shape index (κ2) is 8.82. The van der Waals surface area contributed by atoms with Crippen molar-refractivity contribution in [3.63, 3.8) is 0 Å². The molecule has 0 spiro atoms. The van der Waals surface area contributed by atoms with E-state index in [1.807, 2.05) is 26.0 Å². The van der Waals surface area contributed by atoms with Gasteiger partial charge in [0.1, 0.15) is 0 Å². The molecule has 3 aromatic rings. The number of aromatic amines is 1. The first-order valence-electron chi connectivity index (χ1n) is 8.66. The van der Waals surface area contributed by atoms with Crippen molar-refractivity contribution in [2.75, 3.05) is 6.54 Å². The highest BCUT2D eigenvalue weighted by molar-refractivity contribution is 6.16. The highest BCUT2D eigenvalue weighted by Gasteiger charge is 2.17. The number of nitrogens with two attached hydrogens (primary N) is 1. The van der Waals surface area contributed by atoms with Gasteiger partial charge in [0.05, 0.1) is 6.54 Å². The molecular formula is C21H22ClN3O3. The molecule has 0 aliphatic carbocycles. The summed E-state index contributed by atoms with van der Waals surface area (Å²) < 4.78 is 0. The largest absolute Gasteiger partial charge is 0.369 e. The van der Waals surface area contributed by atoms with Crippen molar-refractivity contribution in [3.05, 3.63) is 81.3 Å². The van der Waals surface area contributed by atoms with Gasteiger partial charge in [0.25, 0.3) is 5.56 Å². The molecule has 28 heavy (non-hydrogen) atoms. The van der Waals surface area contributed by atoms with Crippen LogP contribution in [0.25, 0.3) is 10.8 Å². The van der Waals surface area contributed by atoms with E-state index in [1.165, 1.54) is 0 Å². The van der Waals surface area contributed by atoms with Crippen LogP contribution in [0.5, 0.6) is 0 Å². The second-order valence-electron chi connectivity index (χ2n) is 6.55. The summed E-state index contributed by atoms with van der Waals surface area (Å²) in [4.78, 5) is 38.6. The first-order valence-corrected chi connectivity index (χ1v) is 8.66. The van der Waals surface area contributed by atoms with Crippen LogP contribution in [0.3, 0.4) is 0 Å². The average Bonchev–Trinajstić information content (AvgIpc) is 2.65. The number of ketones is 1. The number of hydrogen-bond acceptors (Lipinski definition) is 4. The zero-order valence-corrected chi connectivity index (χ0v) is 16.4. The Morgan fingerprint density at radius 1 is 1.11 bits per heavy atom. The summed E-state index contributed by atoms with van der Waals surface area (Å²) in [5, 5.41) is 4.16. The van der Waals surface area contributed by atoms with Crippen LogP contribution in [0, 0.1) is 6.92 Å². The number of benzene rings is 2. The molecule has 6 nitrogen and oxygen atoms in total. The topological polar surface area (TPSA) is 105 Å². The molecule has 0 bridgehead atoms. The van der Waals surface area contributed by atoms with E-state index in [0.717, 1.165) is 11.1 Å². The molecule has 0 aliphatic rings. The molecule has 1 atom stereocenters. The normalized spacial score (nSPS) is 11.6. The van der Waals surface area contributed by atoms with Gasteiger partial charge in [-0.25, -0.2) is 0 Å². The van der Waals surface area contributed by atoms with E-state index in [0.29, 0.717) is 21.9 Å². The van der Waals surface area contributed by atoms with E-state index in [1.54, 1.807) is 36.5 Å². The Morgan fingerprint density at radius 2 is 1.86 bits per heavy atom. The second-order valence-corrected chi connectivity index (χ2v) is 6.55. The number of carbonyl (C=O) groups excluding carboxylic acids is 2. The van der Waals surface area contributed by atoms with Gasteiger partial charge in [-0.1, -0.05) is 30.3 Å². The minimum atomic E-state index is -0.420. The monoisotopic (exact) mass is 399 g/mol. The van der Waals surface area contributed by atoms with Crippen molar-refractivity contribution in [3.8, 4) is 0 Å². The smallest absolute Gasteiger partial charge is 0.255 e. The Hall–Kier alpha value is -2.96. The number of pyridine rings is 1. The fraction of sp³-hybridized carbons (Fsp3) is 0.190. The Labute approximate surface area is 168 Å². The molecular weight excluding hydrogens is 378 g/mol. The van der Waals surface area contributed by atoms with Gasteiger partial charge in [0, 0.05) is 28.8 Å². The van der Waals surface area contributed by atoms with Gasteiger partial charge in [-0.2, -0.15) is 0 Å². The molecule has 4 N–H and O–H groups in total. The zero-order valence-electron chi connectivity index (χ0n) is 15.6. The number of halogens is 1. The van der Waals surface area contributed by atoms with E-state index in [2.05, 4.69) is 10.3 Å². The van der Waals surface area contributed by atoms with Crippen LogP contribution in [-0.2, 0) is 4.79 Å². The van der Waals surface area contributed by atoms with Crippen LogP contribution in [-0.4, -0.2) is 23.2 Å². The van der Waals surface area contributed by atoms with Gasteiger partial charge in [0.15, 0.2) is 5.78 Å². The third kappa shape index (κ3) is 4.30. The number of fused-ring (bicyclic) bond motifs is 1. The standard InChI is InChI=1S/C21H21N3O3.ClH/c1-12-10-14(13(2)24-11-19(22)25)6-7-15(12)20(26)17-4-3-5-18-16(17)8-9-23-21(18)27;/h3-10,13,24H,11H2,1-2H3,(H2,22,25)(H,23,27);1H/t13-;/m0./s1. The molecule has 7 heteroatoms. The fourth-order valence-corrected chi connectivity index (χ4v) is 3.15. The van der Waals surface area contributed by atoms with Gasteiger partial charge in [-0.3, -0.25) is 14.4 Å². The maximum atomic E-state index is 13.1. The lowest BCUT2D eigenvalue weighted by Crippen LogP contribution is -2.30. The fourth-order valence-electron chi connectivity index (χ4n) is 3.15. The quantitative estimate of drug-likeness (QED) is 0.554. The summed E-state index contributed by atoms with van der Waals surface area (Å²) in [5.41, 5.74) is 7.80. The highest BCUT2D eigenvalue weighted by atomic mass is 35.5. The van der Waals surface area contributed by atoms with Crippen LogP contribution in [0.15, 0.2) is 53.5 Å². The van der Waals surface area contributed by atoms with E-state index < -0.39 is 5.91 Å². The molecule has 1 amide bonds. The van der Waals surface area contributed by atoms with Gasteiger partial charge < -0.3 is 16.0 Å². The average molecular weight is 400 g/mol. The number of nitrogens with one attached hydrogen (secondary N) is 2. The van der Waals surface area contributed by atoms with Crippen molar-refractivity contribution in [1.82, 2.24) is 10.3 Å². The summed E-state index contributed by atoms with van der Waals surface area (Å²) >= 11 is 0.